The lowest BCUT2D eigenvalue weighted by molar-refractivity contribution is 0.262. The second kappa shape index (κ2) is 6.23. The second-order valence-corrected chi connectivity index (χ2v) is 3.90. The fraction of sp³-hybridized carbons (Fsp3) is 0.500. The largest absolute Gasteiger partial charge is 0.394 e. The van der Waals surface area contributed by atoms with Crippen molar-refractivity contribution in [1.29, 1.82) is 0 Å². The minimum atomic E-state index is -0.00230. The topological polar surface area (TPSA) is 63.8 Å². The Morgan fingerprint density at radius 2 is 2.43 bits per heavy atom. The normalized spacial score (nSPS) is 12.1. The molecule has 0 spiro atoms. The van der Waals surface area contributed by atoms with E-state index in [2.05, 4.69) is 15.5 Å². The summed E-state index contributed by atoms with van der Waals surface area (Å²) in [6.07, 6.45) is 0. The number of aliphatic hydroxyl groups excluding tert-OH is 1. The van der Waals surface area contributed by atoms with Crippen molar-refractivity contribution in [3.8, 4) is 0 Å². The molecule has 0 unspecified atom stereocenters. The van der Waals surface area contributed by atoms with Crippen molar-refractivity contribution in [2.45, 2.75) is 11.7 Å². The van der Waals surface area contributed by atoms with Gasteiger partial charge >= 0.3 is 0 Å². The predicted molar refractivity (Wildman–Crippen MR) is 55.4 cm³/mol. The van der Waals surface area contributed by atoms with Crippen LogP contribution in [0.15, 0.2) is 15.7 Å². The van der Waals surface area contributed by atoms with Crippen LogP contribution in [0.25, 0.3) is 0 Å². The van der Waals surface area contributed by atoms with Gasteiger partial charge in [0.05, 0.1) is 13.2 Å². The van der Waals surface area contributed by atoms with Crippen molar-refractivity contribution in [1.82, 2.24) is 20.2 Å². The van der Waals surface area contributed by atoms with Gasteiger partial charge in [-0.2, -0.15) is 0 Å². The third-order valence-corrected chi connectivity index (χ3v) is 3.05. The van der Waals surface area contributed by atoms with E-state index in [-0.39, 0.29) is 6.61 Å². The molecule has 1 rings (SSSR count). The molecule has 78 valence electrons. The summed E-state index contributed by atoms with van der Waals surface area (Å²) in [7, 11) is 0. The van der Waals surface area contributed by atoms with Crippen LogP contribution >= 0.6 is 35.0 Å². The number of aliphatic hydroxyl groups is 1. The maximum Gasteiger partial charge on any atom is 0.209 e. The molecule has 1 heterocycles. The molecule has 0 atom stereocenters. The SMILES string of the molecule is OCCn1nnnc1SCC(Cl)=CCl. The van der Waals surface area contributed by atoms with E-state index >= 15 is 0 Å². The molecule has 0 aliphatic heterocycles. The molecule has 8 heteroatoms. The molecule has 0 aromatic carbocycles. The molecule has 0 saturated carbocycles. The summed E-state index contributed by atoms with van der Waals surface area (Å²) >= 11 is 12.4. The van der Waals surface area contributed by atoms with Gasteiger partial charge in [-0.25, -0.2) is 4.68 Å². The molecule has 0 fully saturated rings. The van der Waals surface area contributed by atoms with Gasteiger partial charge in [-0.05, 0) is 10.4 Å². The molecule has 5 nitrogen and oxygen atoms in total. The standard InChI is InChI=1S/C6H8Cl2N4OS/c7-3-5(8)4-14-6-9-10-11-12(6)1-2-13/h3,13H,1-2,4H2. The quantitative estimate of drug-likeness (QED) is 0.797. The van der Waals surface area contributed by atoms with Crippen LogP contribution in [0, 0.1) is 0 Å². The first kappa shape index (κ1) is 11.8. The van der Waals surface area contributed by atoms with Gasteiger partial charge in [0, 0.05) is 16.3 Å². The molecule has 14 heavy (non-hydrogen) atoms. The molecule has 1 aromatic heterocycles. The zero-order valence-corrected chi connectivity index (χ0v) is 9.43. The third-order valence-electron chi connectivity index (χ3n) is 1.27. The lowest BCUT2D eigenvalue weighted by atomic mass is 10.7. The maximum atomic E-state index is 8.70. The lowest BCUT2D eigenvalue weighted by Gasteiger charge is -2.00. The Kier molecular flexibility index (Phi) is 5.24. The average molecular weight is 255 g/mol. The predicted octanol–water partition coefficient (Wildman–Crippen LogP) is 1.08. The van der Waals surface area contributed by atoms with Crippen molar-refractivity contribution < 1.29 is 5.11 Å². The van der Waals surface area contributed by atoms with Crippen LogP contribution in [0.5, 0.6) is 0 Å². The minimum absolute atomic E-state index is 0.00230. The molecule has 1 aromatic rings. The van der Waals surface area contributed by atoms with Crippen LogP contribution in [0.2, 0.25) is 0 Å². The van der Waals surface area contributed by atoms with Crippen LogP contribution in [0.4, 0.5) is 0 Å². The number of hydrogen-bond acceptors (Lipinski definition) is 5. The fourth-order valence-electron chi connectivity index (χ4n) is 0.700. The van der Waals surface area contributed by atoms with Crippen LogP contribution in [0.1, 0.15) is 0 Å². The van der Waals surface area contributed by atoms with E-state index in [1.54, 1.807) is 0 Å². The lowest BCUT2D eigenvalue weighted by Crippen LogP contribution is -2.05. The van der Waals surface area contributed by atoms with Gasteiger partial charge in [0.25, 0.3) is 0 Å². The Morgan fingerprint density at radius 3 is 3.07 bits per heavy atom. The summed E-state index contributed by atoms with van der Waals surface area (Å²) in [5, 5.41) is 20.8. The Morgan fingerprint density at radius 1 is 1.64 bits per heavy atom. The third kappa shape index (κ3) is 3.45. The Balaban J connectivity index is 2.53. The first-order chi connectivity index (χ1) is 6.77. The minimum Gasteiger partial charge on any atom is -0.394 e. The molecule has 0 bridgehead atoms. The first-order valence-electron chi connectivity index (χ1n) is 3.72. The van der Waals surface area contributed by atoms with E-state index in [9.17, 15) is 0 Å². The smallest absolute Gasteiger partial charge is 0.209 e. The van der Waals surface area contributed by atoms with Crippen LogP contribution < -0.4 is 0 Å². The summed E-state index contributed by atoms with van der Waals surface area (Å²) < 4.78 is 1.50. The number of aromatic nitrogens is 4. The van der Waals surface area contributed by atoms with Gasteiger partial charge < -0.3 is 5.11 Å². The molecule has 0 radical (unpaired) electrons. The van der Waals surface area contributed by atoms with Crippen LogP contribution in [-0.2, 0) is 6.54 Å². The van der Waals surface area contributed by atoms with E-state index in [0.29, 0.717) is 22.5 Å². The highest BCUT2D eigenvalue weighted by molar-refractivity contribution is 7.99. The maximum absolute atomic E-state index is 8.70. The summed E-state index contributed by atoms with van der Waals surface area (Å²) in [6.45, 7) is 0.370. The molecular formula is C6H8Cl2N4OS. The molecule has 0 aliphatic carbocycles. The van der Waals surface area contributed by atoms with Gasteiger partial charge in [-0.15, -0.1) is 5.10 Å². The van der Waals surface area contributed by atoms with Gasteiger partial charge in [-0.1, -0.05) is 35.0 Å². The monoisotopic (exact) mass is 254 g/mol. The summed E-state index contributed by atoms with van der Waals surface area (Å²) in [6, 6.07) is 0. The summed E-state index contributed by atoms with van der Waals surface area (Å²) in [5.41, 5.74) is 1.30. The number of rotatable bonds is 5. The zero-order chi connectivity index (χ0) is 10.4. The van der Waals surface area contributed by atoms with Crippen LogP contribution in [-0.4, -0.2) is 37.7 Å². The number of thioether (sulfide) groups is 1. The van der Waals surface area contributed by atoms with Crippen LogP contribution in [0.3, 0.4) is 0 Å². The molecule has 0 saturated heterocycles. The Bertz CT molecular complexity index is 317. The fourth-order valence-corrected chi connectivity index (χ4v) is 1.75. The highest BCUT2D eigenvalue weighted by Crippen LogP contribution is 2.19. The van der Waals surface area contributed by atoms with Crippen molar-refractivity contribution >= 4 is 35.0 Å². The highest BCUT2D eigenvalue weighted by Gasteiger charge is 2.06. The molecule has 0 aliphatic rings. The van der Waals surface area contributed by atoms with Gasteiger partial charge in [0.1, 0.15) is 0 Å². The van der Waals surface area contributed by atoms with Gasteiger partial charge in [-0.3, -0.25) is 0 Å². The number of nitrogens with zero attached hydrogens (tertiary/aromatic N) is 4. The van der Waals surface area contributed by atoms with Gasteiger partial charge in [0.15, 0.2) is 0 Å². The highest BCUT2D eigenvalue weighted by atomic mass is 35.5. The zero-order valence-electron chi connectivity index (χ0n) is 7.10. The summed E-state index contributed by atoms with van der Waals surface area (Å²) in [5.74, 6) is 0.511. The molecule has 0 amide bonds. The second-order valence-electron chi connectivity index (χ2n) is 2.25. The number of halogens is 2. The first-order valence-corrected chi connectivity index (χ1v) is 5.52. The van der Waals surface area contributed by atoms with Crippen molar-refractivity contribution in [2.24, 2.45) is 0 Å². The van der Waals surface area contributed by atoms with Crippen molar-refractivity contribution in [3.05, 3.63) is 10.6 Å². The van der Waals surface area contributed by atoms with Gasteiger partial charge in [0.2, 0.25) is 5.16 Å². The Labute approximate surface area is 95.1 Å². The summed E-state index contributed by atoms with van der Waals surface area (Å²) in [4.78, 5) is 0. The van der Waals surface area contributed by atoms with E-state index in [1.165, 1.54) is 22.0 Å². The van der Waals surface area contributed by atoms with E-state index in [1.807, 2.05) is 0 Å². The van der Waals surface area contributed by atoms with Crippen molar-refractivity contribution in [2.75, 3.05) is 12.4 Å². The van der Waals surface area contributed by atoms with E-state index < -0.39 is 0 Å². The Hall–Kier alpha value is -0.300. The van der Waals surface area contributed by atoms with E-state index in [0.717, 1.165) is 0 Å². The number of tetrazole rings is 1. The number of hydrogen-bond donors (Lipinski definition) is 1. The average Bonchev–Trinajstić information content (AvgIpc) is 2.62. The van der Waals surface area contributed by atoms with Crippen molar-refractivity contribution in [3.63, 3.8) is 0 Å². The molecule has 1 N–H and O–H groups in total. The molecular weight excluding hydrogens is 247 g/mol. The van der Waals surface area contributed by atoms with E-state index in [4.69, 9.17) is 28.3 Å².